The fourth-order valence-electron chi connectivity index (χ4n) is 1.83. The van der Waals surface area contributed by atoms with Gasteiger partial charge in [0.15, 0.2) is 0 Å². The highest BCUT2D eigenvalue weighted by Gasteiger charge is 2.18. The summed E-state index contributed by atoms with van der Waals surface area (Å²) in [6.45, 7) is 3.61. The summed E-state index contributed by atoms with van der Waals surface area (Å²) in [7, 11) is -3.73. The largest absolute Gasteiger partial charge is 0.280 e. The van der Waals surface area contributed by atoms with E-state index in [-0.39, 0.29) is 4.90 Å². The zero-order valence-electron chi connectivity index (χ0n) is 11.5. The number of anilines is 1. The second kappa shape index (κ2) is 5.88. The molecule has 0 atom stereocenters. The first-order chi connectivity index (χ1) is 9.83. The molecule has 0 aliphatic carbocycles. The smallest absolute Gasteiger partial charge is 0.262 e. The fraction of sp³-hybridized carbons (Fsp3) is 0.133. The van der Waals surface area contributed by atoms with Crippen LogP contribution in [0.3, 0.4) is 0 Å². The van der Waals surface area contributed by atoms with Gasteiger partial charge in [-0.25, -0.2) is 8.42 Å². The van der Waals surface area contributed by atoms with Gasteiger partial charge in [-0.3, -0.25) is 4.72 Å². The normalized spacial score (nSPS) is 11.0. The highest BCUT2D eigenvalue weighted by Crippen LogP contribution is 2.24. The topological polar surface area (TPSA) is 70.0 Å². The van der Waals surface area contributed by atoms with Crippen molar-refractivity contribution in [3.8, 4) is 6.07 Å². The molecule has 0 aromatic heterocycles. The SMILES string of the molecule is Cc1ccc(NS(=O)(=O)c2cc(C#N)ccc2C)cc1Br. The van der Waals surface area contributed by atoms with Crippen LogP contribution in [0.2, 0.25) is 0 Å². The summed E-state index contributed by atoms with van der Waals surface area (Å²) in [5.74, 6) is 0. The Hall–Kier alpha value is -1.84. The van der Waals surface area contributed by atoms with Gasteiger partial charge in [-0.05, 0) is 49.2 Å². The number of halogens is 1. The number of sulfonamides is 1. The van der Waals surface area contributed by atoms with E-state index in [0.29, 0.717) is 16.8 Å². The van der Waals surface area contributed by atoms with Crippen LogP contribution in [0.4, 0.5) is 5.69 Å². The number of nitrogens with zero attached hydrogens (tertiary/aromatic N) is 1. The molecule has 0 bridgehead atoms. The minimum atomic E-state index is -3.73. The highest BCUT2D eigenvalue weighted by atomic mass is 79.9. The van der Waals surface area contributed by atoms with E-state index in [4.69, 9.17) is 5.26 Å². The molecule has 21 heavy (non-hydrogen) atoms. The van der Waals surface area contributed by atoms with Gasteiger partial charge in [-0.1, -0.05) is 28.1 Å². The Balaban J connectivity index is 2.43. The Labute approximate surface area is 132 Å². The molecular formula is C15H13BrN2O2S. The van der Waals surface area contributed by atoms with Crippen molar-refractivity contribution in [3.63, 3.8) is 0 Å². The number of nitriles is 1. The van der Waals surface area contributed by atoms with Gasteiger partial charge in [0, 0.05) is 10.2 Å². The third-order valence-electron chi connectivity index (χ3n) is 3.03. The molecule has 0 saturated carbocycles. The molecule has 0 amide bonds. The first-order valence-electron chi connectivity index (χ1n) is 6.13. The number of nitrogens with one attached hydrogen (secondary N) is 1. The summed E-state index contributed by atoms with van der Waals surface area (Å²) in [6, 6.07) is 11.8. The summed E-state index contributed by atoms with van der Waals surface area (Å²) in [6.07, 6.45) is 0. The van der Waals surface area contributed by atoms with Crippen molar-refractivity contribution in [1.82, 2.24) is 0 Å². The molecular weight excluding hydrogens is 352 g/mol. The molecule has 108 valence electrons. The van der Waals surface area contributed by atoms with Crippen LogP contribution in [-0.2, 0) is 10.0 Å². The average Bonchev–Trinajstić information content (AvgIpc) is 2.43. The summed E-state index contributed by atoms with van der Waals surface area (Å²) >= 11 is 3.37. The van der Waals surface area contributed by atoms with Crippen molar-refractivity contribution in [2.45, 2.75) is 18.7 Å². The molecule has 0 aliphatic rings. The molecule has 0 fully saturated rings. The maximum atomic E-state index is 12.5. The lowest BCUT2D eigenvalue weighted by molar-refractivity contribution is 0.600. The summed E-state index contributed by atoms with van der Waals surface area (Å²) in [4.78, 5) is 0.109. The van der Waals surface area contributed by atoms with Gasteiger partial charge in [-0.15, -0.1) is 0 Å². The lowest BCUT2D eigenvalue weighted by atomic mass is 10.2. The van der Waals surface area contributed by atoms with Gasteiger partial charge in [0.05, 0.1) is 16.5 Å². The third kappa shape index (κ3) is 3.43. The van der Waals surface area contributed by atoms with Gasteiger partial charge < -0.3 is 0 Å². The lowest BCUT2D eigenvalue weighted by Crippen LogP contribution is -2.14. The molecule has 2 rings (SSSR count). The van der Waals surface area contributed by atoms with Crippen molar-refractivity contribution in [2.24, 2.45) is 0 Å². The predicted octanol–water partition coefficient (Wildman–Crippen LogP) is 3.74. The minimum absolute atomic E-state index is 0.109. The van der Waals surface area contributed by atoms with Crippen molar-refractivity contribution in [3.05, 3.63) is 57.6 Å². The van der Waals surface area contributed by atoms with Crippen molar-refractivity contribution < 1.29 is 8.42 Å². The number of hydrogen-bond acceptors (Lipinski definition) is 3. The Bertz CT molecular complexity index is 839. The van der Waals surface area contributed by atoms with E-state index >= 15 is 0 Å². The predicted molar refractivity (Wildman–Crippen MR) is 85.6 cm³/mol. The quantitative estimate of drug-likeness (QED) is 0.901. The second-order valence-electron chi connectivity index (χ2n) is 4.66. The lowest BCUT2D eigenvalue weighted by Gasteiger charge is -2.11. The molecule has 0 unspecified atom stereocenters. The van der Waals surface area contributed by atoms with Crippen molar-refractivity contribution >= 4 is 31.6 Å². The van der Waals surface area contributed by atoms with Gasteiger partial charge in [0.25, 0.3) is 10.0 Å². The molecule has 0 aliphatic heterocycles. The first kappa shape index (κ1) is 15.5. The minimum Gasteiger partial charge on any atom is -0.280 e. The van der Waals surface area contributed by atoms with E-state index < -0.39 is 10.0 Å². The molecule has 2 aromatic rings. The maximum absolute atomic E-state index is 12.5. The van der Waals surface area contributed by atoms with Crippen LogP contribution >= 0.6 is 15.9 Å². The van der Waals surface area contributed by atoms with E-state index in [9.17, 15) is 8.42 Å². The second-order valence-corrected chi connectivity index (χ2v) is 7.17. The van der Waals surface area contributed by atoms with Crippen LogP contribution in [0.5, 0.6) is 0 Å². The van der Waals surface area contributed by atoms with Crippen LogP contribution in [0.25, 0.3) is 0 Å². The third-order valence-corrected chi connectivity index (χ3v) is 5.41. The Morgan fingerprint density at radius 1 is 1.10 bits per heavy atom. The van der Waals surface area contributed by atoms with Crippen LogP contribution in [-0.4, -0.2) is 8.42 Å². The van der Waals surface area contributed by atoms with Crippen LogP contribution in [0, 0.1) is 25.2 Å². The van der Waals surface area contributed by atoms with Gasteiger partial charge in [0.2, 0.25) is 0 Å². The molecule has 1 N–H and O–H groups in total. The highest BCUT2D eigenvalue weighted by molar-refractivity contribution is 9.10. The average molecular weight is 365 g/mol. The number of aryl methyl sites for hydroxylation is 2. The Morgan fingerprint density at radius 2 is 1.76 bits per heavy atom. The number of benzene rings is 2. The van der Waals surface area contributed by atoms with Crippen LogP contribution in [0.15, 0.2) is 45.8 Å². The molecule has 0 spiro atoms. The van der Waals surface area contributed by atoms with E-state index in [1.54, 1.807) is 31.2 Å². The van der Waals surface area contributed by atoms with Gasteiger partial charge >= 0.3 is 0 Å². The van der Waals surface area contributed by atoms with Gasteiger partial charge in [-0.2, -0.15) is 5.26 Å². The standard InChI is InChI=1S/C15H13BrN2O2S/c1-10-4-6-13(8-14(10)16)18-21(19,20)15-7-12(9-17)5-3-11(15)2/h3-8,18H,1-2H3. The van der Waals surface area contributed by atoms with E-state index in [2.05, 4.69) is 20.7 Å². The molecule has 2 aromatic carbocycles. The van der Waals surface area contributed by atoms with E-state index in [1.165, 1.54) is 6.07 Å². The number of hydrogen-bond donors (Lipinski definition) is 1. The summed E-state index contributed by atoms with van der Waals surface area (Å²) < 4.78 is 28.3. The van der Waals surface area contributed by atoms with E-state index in [0.717, 1.165) is 10.0 Å². The molecule has 0 saturated heterocycles. The fourth-order valence-corrected chi connectivity index (χ4v) is 3.53. The molecule has 0 heterocycles. The van der Waals surface area contributed by atoms with Crippen LogP contribution in [0.1, 0.15) is 16.7 Å². The molecule has 0 radical (unpaired) electrons. The Morgan fingerprint density at radius 3 is 2.38 bits per heavy atom. The Kier molecular flexibility index (Phi) is 4.35. The first-order valence-corrected chi connectivity index (χ1v) is 8.41. The maximum Gasteiger partial charge on any atom is 0.262 e. The summed E-state index contributed by atoms with van der Waals surface area (Å²) in [5.41, 5.74) is 2.38. The monoisotopic (exact) mass is 364 g/mol. The number of rotatable bonds is 3. The van der Waals surface area contributed by atoms with Crippen LogP contribution < -0.4 is 4.72 Å². The van der Waals surface area contributed by atoms with E-state index in [1.807, 2.05) is 19.1 Å². The zero-order valence-corrected chi connectivity index (χ0v) is 13.9. The molecule has 6 heteroatoms. The zero-order chi connectivity index (χ0) is 15.6. The van der Waals surface area contributed by atoms with Gasteiger partial charge in [0.1, 0.15) is 0 Å². The van der Waals surface area contributed by atoms with Crippen molar-refractivity contribution in [2.75, 3.05) is 4.72 Å². The molecule has 4 nitrogen and oxygen atoms in total. The van der Waals surface area contributed by atoms with Crippen molar-refractivity contribution in [1.29, 1.82) is 5.26 Å². The summed E-state index contributed by atoms with van der Waals surface area (Å²) in [5, 5.41) is 8.90.